The Kier molecular flexibility index (Phi) is 8.37. The van der Waals surface area contributed by atoms with Crippen LogP contribution in [0.3, 0.4) is 0 Å². The molecule has 1 N–H and O–H groups in total. The minimum absolute atomic E-state index is 0.414. The van der Waals surface area contributed by atoms with E-state index in [0.29, 0.717) is 41.0 Å². The van der Waals surface area contributed by atoms with Crippen molar-refractivity contribution in [2.75, 3.05) is 25.1 Å². The van der Waals surface area contributed by atoms with Crippen molar-refractivity contribution in [1.82, 2.24) is 0 Å². The van der Waals surface area contributed by atoms with Gasteiger partial charge in [0.2, 0.25) is 0 Å². The Hall–Kier alpha value is -2.99. The molecular formula is C21H22ClNO5. The molecule has 2 rings (SSSR count). The van der Waals surface area contributed by atoms with Crippen LogP contribution in [0.2, 0.25) is 5.02 Å². The van der Waals surface area contributed by atoms with Crippen molar-refractivity contribution < 1.29 is 23.8 Å². The van der Waals surface area contributed by atoms with Crippen molar-refractivity contribution in [1.29, 1.82) is 0 Å². The van der Waals surface area contributed by atoms with Crippen LogP contribution in [-0.4, -0.2) is 31.7 Å². The van der Waals surface area contributed by atoms with Crippen LogP contribution in [0.25, 0.3) is 6.08 Å². The highest BCUT2D eigenvalue weighted by Crippen LogP contribution is 2.30. The summed E-state index contributed by atoms with van der Waals surface area (Å²) in [5.41, 5.74) is 1.20. The highest BCUT2D eigenvalue weighted by molar-refractivity contribution is 6.32. The summed E-state index contributed by atoms with van der Waals surface area (Å²) in [6.45, 7) is 4.29. The number of carbonyl (C=O) groups is 2. The number of halogens is 1. The number of esters is 1. The molecule has 0 aliphatic carbocycles. The van der Waals surface area contributed by atoms with Crippen molar-refractivity contribution in [2.45, 2.75) is 13.8 Å². The van der Waals surface area contributed by atoms with E-state index in [1.807, 2.05) is 13.8 Å². The molecule has 0 radical (unpaired) electrons. The van der Waals surface area contributed by atoms with Crippen molar-refractivity contribution in [3.05, 3.63) is 59.1 Å². The van der Waals surface area contributed by atoms with Gasteiger partial charge in [0.15, 0.2) is 18.1 Å². The SMILES string of the molecule is CCOc1ccc(NC(=O)COC(=O)/C=C/c2ccccc2Cl)cc1OCC. The van der Waals surface area contributed by atoms with E-state index in [-0.39, 0.29) is 0 Å². The Morgan fingerprint density at radius 1 is 1.04 bits per heavy atom. The molecule has 2 aromatic rings. The number of anilines is 1. The van der Waals surface area contributed by atoms with Gasteiger partial charge < -0.3 is 19.5 Å². The zero-order valence-electron chi connectivity index (χ0n) is 15.7. The highest BCUT2D eigenvalue weighted by Gasteiger charge is 2.10. The lowest BCUT2D eigenvalue weighted by molar-refractivity contribution is -0.142. The van der Waals surface area contributed by atoms with E-state index in [2.05, 4.69) is 5.32 Å². The smallest absolute Gasteiger partial charge is 0.331 e. The summed E-state index contributed by atoms with van der Waals surface area (Å²) >= 11 is 6.00. The molecule has 0 saturated heterocycles. The van der Waals surface area contributed by atoms with E-state index in [4.69, 9.17) is 25.8 Å². The number of hydrogen-bond donors (Lipinski definition) is 1. The first-order valence-electron chi connectivity index (χ1n) is 8.82. The van der Waals surface area contributed by atoms with Crippen molar-refractivity contribution >= 4 is 35.2 Å². The summed E-state index contributed by atoms with van der Waals surface area (Å²) in [5, 5.41) is 3.17. The topological polar surface area (TPSA) is 73.9 Å². The maximum absolute atomic E-state index is 12.0. The maximum atomic E-state index is 12.0. The summed E-state index contributed by atoms with van der Waals surface area (Å²) in [4.78, 5) is 23.8. The average Bonchev–Trinajstić information content (AvgIpc) is 2.68. The summed E-state index contributed by atoms with van der Waals surface area (Å²) in [6, 6.07) is 12.1. The van der Waals surface area contributed by atoms with Gasteiger partial charge in [-0.3, -0.25) is 4.79 Å². The second-order valence-corrected chi connectivity index (χ2v) is 5.95. The molecule has 2 aromatic carbocycles. The first-order chi connectivity index (χ1) is 13.5. The standard InChI is InChI=1S/C21H22ClNO5/c1-3-26-18-11-10-16(13-19(18)27-4-2)23-20(24)14-28-21(25)12-9-15-7-5-6-8-17(15)22/h5-13H,3-4,14H2,1-2H3,(H,23,24)/b12-9+. The molecule has 0 saturated carbocycles. The molecule has 1 amide bonds. The van der Waals surface area contributed by atoms with Crippen LogP contribution in [0.1, 0.15) is 19.4 Å². The molecule has 28 heavy (non-hydrogen) atoms. The zero-order chi connectivity index (χ0) is 20.4. The van der Waals surface area contributed by atoms with E-state index in [1.165, 1.54) is 12.2 Å². The summed E-state index contributed by atoms with van der Waals surface area (Å²) in [7, 11) is 0. The Labute approximate surface area is 169 Å². The van der Waals surface area contributed by atoms with Gasteiger partial charge in [-0.2, -0.15) is 0 Å². The fourth-order valence-corrected chi connectivity index (χ4v) is 2.48. The Morgan fingerprint density at radius 3 is 2.46 bits per heavy atom. The highest BCUT2D eigenvalue weighted by atomic mass is 35.5. The second-order valence-electron chi connectivity index (χ2n) is 5.54. The minimum atomic E-state index is -0.642. The molecule has 0 atom stereocenters. The van der Waals surface area contributed by atoms with Gasteiger partial charge in [-0.1, -0.05) is 29.8 Å². The summed E-state index contributed by atoms with van der Waals surface area (Å²) in [5.74, 6) is 0.0168. The quantitative estimate of drug-likeness (QED) is 0.498. The number of rotatable bonds is 9. The predicted molar refractivity (Wildman–Crippen MR) is 109 cm³/mol. The summed E-state index contributed by atoms with van der Waals surface area (Å²) < 4.78 is 15.9. The average molecular weight is 404 g/mol. The molecule has 148 valence electrons. The van der Waals surface area contributed by atoms with Gasteiger partial charge in [-0.05, 0) is 43.7 Å². The minimum Gasteiger partial charge on any atom is -0.490 e. The van der Waals surface area contributed by atoms with Crippen molar-refractivity contribution in [3.8, 4) is 11.5 Å². The largest absolute Gasteiger partial charge is 0.490 e. The van der Waals surface area contributed by atoms with Crippen molar-refractivity contribution in [3.63, 3.8) is 0 Å². The number of amides is 1. The lowest BCUT2D eigenvalue weighted by Gasteiger charge is -2.13. The third-order valence-electron chi connectivity index (χ3n) is 3.48. The molecule has 6 nitrogen and oxygen atoms in total. The van der Waals surface area contributed by atoms with E-state index >= 15 is 0 Å². The molecule has 0 unspecified atom stereocenters. The van der Waals surface area contributed by atoms with Crippen LogP contribution in [0.15, 0.2) is 48.5 Å². The Bertz CT molecular complexity index is 850. The number of nitrogens with one attached hydrogen (secondary N) is 1. The predicted octanol–water partition coefficient (Wildman–Crippen LogP) is 4.33. The maximum Gasteiger partial charge on any atom is 0.331 e. The number of hydrogen-bond acceptors (Lipinski definition) is 5. The molecule has 0 spiro atoms. The van der Waals surface area contributed by atoms with E-state index in [1.54, 1.807) is 42.5 Å². The van der Waals surface area contributed by atoms with Crippen LogP contribution >= 0.6 is 11.6 Å². The van der Waals surface area contributed by atoms with Crippen LogP contribution < -0.4 is 14.8 Å². The summed E-state index contributed by atoms with van der Waals surface area (Å²) in [6.07, 6.45) is 2.75. The molecule has 0 bridgehead atoms. The fraction of sp³-hybridized carbons (Fsp3) is 0.238. The second kappa shape index (κ2) is 11.0. The normalized spacial score (nSPS) is 10.5. The lowest BCUT2D eigenvalue weighted by atomic mass is 10.2. The molecule has 0 aliphatic heterocycles. The Balaban J connectivity index is 1.89. The van der Waals surface area contributed by atoms with Gasteiger partial charge in [0.25, 0.3) is 5.91 Å². The van der Waals surface area contributed by atoms with Crippen LogP contribution in [-0.2, 0) is 14.3 Å². The fourth-order valence-electron chi connectivity index (χ4n) is 2.28. The van der Waals surface area contributed by atoms with Crippen molar-refractivity contribution in [2.24, 2.45) is 0 Å². The van der Waals surface area contributed by atoms with Gasteiger partial charge in [-0.15, -0.1) is 0 Å². The zero-order valence-corrected chi connectivity index (χ0v) is 16.5. The lowest BCUT2D eigenvalue weighted by Crippen LogP contribution is -2.20. The first kappa shape index (κ1) is 21.3. The molecule has 0 heterocycles. The molecular weight excluding hydrogens is 382 g/mol. The number of carbonyl (C=O) groups excluding carboxylic acids is 2. The molecule has 0 aliphatic rings. The monoisotopic (exact) mass is 403 g/mol. The van der Waals surface area contributed by atoms with Crippen LogP contribution in [0, 0.1) is 0 Å². The Morgan fingerprint density at radius 2 is 1.75 bits per heavy atom. The van der Waals surface area contributed by atoms with Gasteiger partial charge in [0, 0.05) is 22.9 Å². The number of benzene rings is 2. The van der Waals surface area contributed by atoms with Crippen LogP contribution in [0.4, 0.5) is 5.69 Å². The number of ether oxygens (including phenoxy) is 3. The van der Waals surface area contributed by atoms with E-state index in [0.717, 1.165) is 0 Å². The molecule has 7 heteroatoms. The van der Waals surface area contributed by atoms with Crippen LogP contribution in [0.5, 0.6) is 11.5 Å². The third-order valence-corrected chi connectivity index (χ3v) is 3.82. The van der Waals surface area contributed by atoms with Gasteiger partial charge in [0.05, 0.1) is 13.2 Å². The van der Waals surface area contributed by atoms with Gasteiger partial charge in [-0.25, -0.2) is 4.79 Å². The van der Waals surface area contributed by atoms with E-state index in [9.17, 15) is 9.59 Å². The molecule has 0 aromatic heterocycles. The third kappa shape index (κ3) is 6.63. The van der Waals surface area contributed by atoms with E-state index < -0.39 is 18.5 Å². The van der Waals surface area contributed by atoms with Gasteiger partial charge >= 0.3 is 5.97 Å². The molecule has 0 fully saturated rings. The first-order valence-corrected chi connectivity index (χ1v) is 9.20. The van der Waals surface area contributed by atoms with Gasteiger partial charge in [0.1, 0.15) is 0 Å².